The largest absolute Gasteiger partial charge is 0.494 e. The minimum Gasteiger partial charge on any atom is -0.494 e. The highest BCUT2D eigenvalue weighted by Gasteiger charge is 2.04. The lowest BCUT2D eigenvalue weighted by molar-refractivity contribution is -0.116. The standard InChI is InChI=1S/C24H24BrNO4/c1-2-28-20-13-15-23(16-14-20)30-22-11-7-19(8-12-22)26-24(27)4-3-17-29-21-9-5-18(25)6-10-21/h5-16H,2-4,17H2,1H3,(H,26,27). The zero-order valence-corrected chi connectivity index (χ0v) is 18.4. The maximum Gasteiger partial charge on any atom is 0.224 e. The summed E-state index contributed by atoms with van der Waals surface area (Å²) < 4.78 is 17.9. The fourth-order valence-corrected chi connectivity index (χ4v) is 2.95. The lowest BCUT2D eigenvalue weighted by Crippen LogP contribution is -2.12. The number of hydrogen-bond acceptors (Lipinski definition) is 4. The molecule has 0 unspecified atom stereocenters. The number of hydrogen-bond donors (Lipinski definition) is 1. The van der Waals surface area contributed by atoms with Crippen molar-refractivity contribution in [2.24, 2.45) is 0 Å². The Kier molecular flexibility index (Phi) is 8.15. The lowest BCUT2D eigenvalue weighted by atomic mass is 10.2. The molecule has 0 fully saturated rings. The summed E-state index contributed by atoms with van der Waals surface area (Å²) in [5, 5.41) is 2.89. The summed E-state index contributed by atoms with van der Waals surface area (Å²) in [6, 6.07) is 22.4. The number of nitrogens with one attached hydrogen (secondary N) is 1. The summed E-state index contributed by atoms with van der Waals surface area (Å²) in [5.41, 5.74) is 0.730. The van der Waals surface area contributed by atoms with E-state index in [4.69, 9.17) is 14.2 Å². The molecule has 0 aliphatic heterocycles. The van der Waals surface area contributed by atoms with E-state index in [1.165, 1.54) is 0 Å². The number of benzene rings is 3. The highest BCUT2D eigenvalue weighted by Crippen LogP contribution is 2.25. The summed E-state index contributed by atoms with van der Waals surface area (Å²) in [6.07, 6.45) is 1.03. The molecule has 3 rings (SSSR count). The summed E-state index contributed by atoms with van der Waals surface area (Å²) in [5.74, 6) is 2.97. The van der Waals surface area contributed by atoms with Crippen molar-refractivity contribution in [2.75, 3.05) is 18.5 Å². The van der Waals surface area contributed by atoms with E-state index in [9.17, 15) is 4.79 Å². The van der Waals surface area contributed by atoms with Gasteiger partial charge in [0.05, 0.1) is 13.2 Å². The minimum absolute atomic E-state index is 0.0467. The van der Waals surface area contributed by atoms with E-state index in [0.717, 1.165) is 27.4 Å². The highest BCUT2D eigenvalue weighted by atomic mass is 79.9. The third-order valence-corrected chi connectivity index (χ3v) is 4.67. The van der Waals surface area contributed by atoms with Gasteiger partial charge in [-0.05, 0) is 86.1 Å². The number of halogens is 1. The molecule has 30 heavy (non-hydrogen) atoms. The third-order valence-electron chi connectivity index (χ3n) is 4.14. The topological polar surface area (TPSA) is 56.8 Å². The van der Waals surface area contributed by atoms with E-state index in [0.29, 0.717) is 31.8 Å². The average Bonchev–Trinajstić information content (AvgIpc) is 2.75. The van der Waals surface area contributed by atoms with Gasteiger partial charge in [-0.15, -0.1) is 0 Å². The number of carbonyl (C=O) groups excluding carboxylic acids is 1. The number of anilines is 1. The van der Waals surface area contributed by atoms with Crippen LogP contribution in [-0.2, 0) is 4.79 Å². The van der Waals surface area contributed by atoms with Crippen LogP contribution in [0.15, 0.2) is 77.3 Å². The van der Waals surface area contributed by atoms with E-state index < -0.39 is 0 Å². The molecular weight excluding hydrogens is 446 g/mol. The molecule has 0 saturated heterocycles. The molecule has 1 amide bonds. The fourth-order valence-electron chi connectivity index (χ4n) is 2.69. The van der Waals surface area contributed by atoms with Crippen LogP contribution in [0.3, 0.4) is 0 Å². The SMILES string of the molecule is CCOc1ccc(Oc2ccc(NC(=O)CCCOc3ccc(Br)cc3)cc2)cc1. The first-order valence-corrected chi connectivity index (χ1v) is 10.6. The molecule has 156 valence electrons. The summed E-state index contributed by atoms with van der Waals surface area (Å²) in [7, 11) is 0. The van der Waals surface area contributed by atoms with Crippen molar-refractivity contribution in [3.05, 3.63) is 77.3 Å². The molecule has 0 bridgehead atoms. The molecule has 0 saturated carbocycles. The van der Waals surface area contributed by atoms with E-state index in [1.807, 2.05) is 79.7 Å². The van der Waals surface area contributed by atoms with Crippen molar-refractivity contribution in [3.63, 3.8) is 0 Å². The summed E-state index contributed by atoms with van der Waals surface area (Å²) in [4.78, 5) is 12.1. The molecule has 3 aromatic carbocycles. The van der Waals surface area contributed by atoms with Crippen LogP contribution in [-0.4, -0.2) is 19.1 Å². The molecule has 0 heterocycles. The van der Waals surface area contributed by atoms with E-state index in [-0.39, 0.29) is 5.91 Å². The zero-order chi connectivity index (χ0) is 21.2. The van der Waals surface area contributed by atoms with E-state index in [2.05, 4.69) is 21.2 Å². The second kappa shape index (κ2) is 11.3. The fraction of sp³-hybridized carbons (Fsp3) is 0.208. The molecular formula is C24H24BrNO4. The van der Waals surface area contributed by atoms with Crippen molar-refractivity contribution in [2.45, 2.75) is 19.8 Å². The van der Waals surface area contributed by atoms with Crippen LogP contribution in [0, 0.1) is 0 Å². The number of amides is 1. The van der Waals surface area contributed by atoms with Gasteiger partial charge in [0.2, 0.25) is 5.91 Å². The normalized spacial score (nSPS) is 10.3. The molecule has 0 radical (unpaired) electrons. The lowest BCUT2D eigenvalue weighted by Gasteiger charge is -2.09. The number of carbonyl (C=O) groups is 1. The number of ether oxygens (including phenoxy) is 3. The molecule has 0 atom stereocenters. The smallest absolute Gasteiger partial charge is 0.224 e. The Bertz CT molecular complexity index is 925. The zero-order valence-electron chi connectivity index (χ0n) is 16.8. The van der Waals surface area contributed by atoms with Gasteiger partial charge >= 0.3 is 0 Å². The first kappa shape index (κ1) is 21.7. The van der Waals surface area contributed by atoms with Gasteiger partial charge in [-0.1, -0.05) is 15.9 Å². The van der Waals surface area contributed by atoms with Crippen LogP contribution in [0.2, 0.25) is 0 Å². The summed E-state index contributed by atoms with van der Waals surface area (Å²) in [6.45, 7) is 3.07. The first-order chi connectivity index (χ1) is 14.6. The second-order valence-electron chi connectivity index (χ2n) is 6.48. The Morgan fingerprint density at radius 2 is 1.33 bits per heavy atom. The molecule has 0 spiro atoms. The van der Waals surface area contributed by atoms with Gasteiger partial charge in [0.25, 0.3) is 0 Å². The number of rotatable bonds is 10. The predicted octanol–water partition coefficient (Wildman–Crippen LogP) is 6.44. The molecule has 5 nitrogen and oxygen atoms in total. The highest BCUT2D eigenvalue weighted by molar-refractivity contribution is 9.10. The van der Waals surface area contributed by atoms with Gasteiger partial charge in [-0.3, -0.25) is 4.79 Å². The Morgan fingerprint density at radius 3 is 1.97 bits per heavy atom. The molecule has 3 aromatic rings. The van der Waals surface area contributed by atoms with E-state index in [1.54, 1.807) is 0 Å². The quantitative estimate of drug-likeness (QED) is 0.347. The van der Waals surface area contributed by atoms with Gasteiger partial charge in [0, 0.05) is 16.6 Å². The summed E-state index contributed by atoms with van der Waals surface area (Å²) >= 11 is 3.39. The molecule has 1 N–H and O–H groups in total. The molecule has 0 aliphatic carbocycles. The van der Waals surface area contributed by atoms with Crippen LogP contribution in [0.25, 0.3) is 0 Å². The molecule has 0 aromatic heterocycles. The Morgan fingerprint density at radius 1 is 0.800 bits per heavy atom. The van der Waals surface area contributed by atoms with Crippen molar-refractivity contribution < 1.29 is 19.0 Å². The van der Waals surface area contributed by atoms with Crippen LogP contribution in [0.5, 0.6) is 23.0 Å². The second-order valence-corrected chi connectivity index (χ2v) is 7.40. The van der Waals surface area contributed by atoms with Crippen molar-refractivity contribution >= 4 is 27.5 Å². The Labute approximate surface area is 185 Å². The van der Waals surface area contributed by atoms with E-state index >= 15 is 0 Å². The van der Waals surface area contributed by atoms with Crippen molar-refractivity contribution in [3.8, 4) is 23.0 Å². The first-order valence-electron chi connectivity index (χ1n) is 9.81. The predicted molar refractivity (Wildman–Crippen MR) is 122 cm³/mol. The van der Waals surface area contributed by atoms with Crippen molar-refractivity contribution in [1.82, 2.24) is 0 Å². The van der Waals surface area contributed by atoms with Gasteiger partial charge in [0.15, 0.2) is 0 Å². The third kappa shape index (κ3) is 7.12. The molecule has 6 heteroatoms. The monoisotopic (exact) mass is 469 g/mol. The van der Waals surface area contributed by atoms with Crippen LogP contribution >= 0.6 is 15.9 Å². The van der Waals surface area contributed by atoms with Crippen LogP contribution < -0.4 is 19.5 Å². The maximum atomic E-state index is 12.1. The Hall–Kier alpha value is -2.99. The van der Waals surface area contributed by atoms with Gasteiger partial charge < -0.3 is 19.5 Å². The van der Waals surface area contributed by atoms with Crippen LogP contribution in [0.1, 0.15) is 19.8 Å². The maximum absolute atomic E-state index is 12.1. The minimum atomic E-state index is -0.0467. The van der Waals surface area contributed by atoms with Gasteiger partial charge in [-0.2, -0.15) is 0 Å². The Balaban J connectivity index is 1.39. The van der Waals surface area contributed by atoms with Gasteiger partial charge in [-0.25, -0.2) is 0 Å². The average molecular weight is 470 g/mol. The van der Waals surface area contributed by atoms with Crippen LogP contribution in [0.4, 0.5) is 5.69 Å². The van der Waals surface area contributed by atoms with Crippen molar-refractivity contribution in [1.29, 1.82) is 0 Å². The van der Waals surface area contributed by atoms with Gasteiger partial charge in [0.1, 0.15) is 23.0 Å². The molecule has 0 aliphatic rings.